The first-order chi connectivity index (χ1) is 15.3. The van der Waals surface area contributed by atoms with Gasteiger partial charge in [0.2, 0.25) is 10.0 Å². The molecule has 1 heterocycles. The minimum Gasteiger partial charge on any atom is -0.284 e. The Morgan fingerprint density at radius 2 is 1.56 bits per heavy atom. The Hall–Kier alpha value is -3.17. The van der Waals surface area contributed by atoms with E-state index in [1.54, 1.807) is 61.5 Å². The Morgan fingerprint density at radius 3 is 2.22 bits per heavy atom. The molecule has 166 valence electrons. The average molecular weight is 470 g/mol. The highest BCUT2D eigenvalue weighted by molar-refractivity contribution is 7.92. The molecule has 0 radical (unpaired) electrons. The molecule has 1 N–H and O–H groups in total. The summed E-state index contributed by atoms with van der Waals surface area (Å²) in [5.41, 5.74) is 2.46. The number of anilines is 1. The van der Waals surface area contributed by atoms with Gasteiger partial charge in [-0.15, -0.1) is 0 Å². The van der Waals surface area contributed by atoms with Crippen LogP contribution in [0.1, 0.15) is 30.5 Å². The summed E-state index contributed by atoms with van der Waals surface area (Å²) in [5, 5.41) is 4.51. The van der Waals surface area contributed by atoms with E-state index in [0.29, 0.717) is 23.4 Å². The standard InChI is InChI=1S/C23H23N3O4S2/c1-2-31(27,28)25-20-13-9-12-19(16-20)22-17-23(18-10-5-3-6-11-18)26(24-22)32(29,30)21-14-7-4-8-15-21/h3-16,23,25H,2,17H2,1H3. The highest BCUT2D eigenvalue weighted by Gasteiger charge is 2.37. The lowest BCUT2D eigenvalue weighted by molar-refractivity contribution is 0.371. The molecule has 0 aliphatic carbocycles. The lowest BCUT2D eigenvalue weighted by Gasteiger charge is -2.23. The van der Waals surface area contributed by atoms with Crippen LogP contribution in [0.2, 0.25) is 0 Å². The molecule has 0 bridgehead atoms. The van der Waals surface area contributed by atoms with Gasteiger partial charge in [0.15, 0.2) is 0 Å². The third kappa shape index (κ3) is 4.53. The van der Waals surface area contributed by atoms with Crippen molar-refractivity contribution in [1.82, 2.24) is 4.41 Å². The van der Waals surface area contributed by atoms with Gasteiger partial charge in [-0.25, -0.2) is 8.42 Å². The molecule has 0 saturated heterocycles. The number of hydrogen-bond donors (Lipinski definition) is 1. The van der Waals surface area contributed by atoms with E-state index in [4.69, 9.17) is 0 Å². The second kappa shape index (κ2) is 8.76. The number of nitrogens with one attached hydrogen (secondary N) is 1. The minimum absolute atomic E-state index is 0.0443. The van der Waals surface area contributed by atoms with E-state index in [1.165, 1.54) is 0 Å². The summed E-state index contributed by atoms with van der Waals surface area (Å²) in [4.78, 5) is 0.162. The van der Waals surface area contributed by atoms with Gasteiger partial charge in [0.1, 0.15) is 0 Å². The van der Waals surface area contributed by atoms with Crippen LogP contribution < -0.4 is 4.72 Å². The fourth-order valence-corrected chi connectivity index (χ4v) is 5.61. The summed E-state index contributed by atoms with van der Waals surface area (Å²) >= 11 is 0. The van der Waals surface area contributed by atoms with E-state index in [2.05, 4.69) is 9.82 Å². The van der Waals surface area contributed by atoms with Crippen molar-refractivity contribution in [1.29, 1.82) is 0 Å². The van der Waals surface area contributed by atoms with Crippen LogP contribution in [-0.4, -0.2) is 32.7 Å². The molecular formula is C23H23N3O4S2. The van der Waals surface area contributed by atoms with Crippen molar-refractivity contribution < 1.29 is 16.8 Å². The van der Waals surface area contributed by atoms with Crippen LogP contribution in [0.3, 0.4) is 0 Å². The zero-order chi connectivity index (χ0) is 22.8. The van der Waals surface area contributed by atoms with Gasteiger partial charge >= 0.3 is 0 Å². The minimum atomic E-state index is -3.89. The van der Waals surface area contributed by atoms with Crippen LogP contribution in [0.4, 0.5) is 5.69 Å². The molecule has 7 nitrogen and oxygen atoms in total. The van der Waals surface area contributed by atoms with E-state index < -0.39 is 26.1 Å². The predicted molar refractivity (Wildman–Crippen MR) is 125 cm³/mol. The van der Waals surface area contributed by atoms with Crippen LogP contribution in [0.25, 0.3) is 0 Å². The third-order valence-electron chi connectivity index (χ3n) is 5.19. The first kappa shape index (κ1) is 22.0. The highest BCUT2D eigenvalue weighted by Crippen LogP contribution is 2.37. The van der Waals surface area contributed by atoms with Gasteiger partial charge in [-0.05, 0) is 42.3 Å². The predicted octanol–water partition coefficient (Wildman–Crippen LogP) is 3.99. The molecule has 1 unspecified atom stereocenters. The number of sulfonamides is 2. The van der Waals surface area contributed by atoms with Crippen molar-refractivity contribution >= 4 is 31.4 Å². The van der Waals surface area contributed by atoms with Gasteiger partial charge in [-0.3, -0.25) is 4.72 Å². The van der Waals surface area contributed by atoms with Crippen molar-refractivity contribution in [3.63, 3.8) is 0 Å². The molecule has 0 spiro atoms. The summed E-state index contributed by atoms with van der Waals surface area (Å²) in [7, 11) is -7.32. The normalized spacial score (nSPS) is 16.6. The number of rotatable bonds is 7. The van der Waals surface area contributed by atoms with Crippen LogP contribution in [0.5, 0.6) is 0 Å². The van der Waals surface area contributed by atoms with Gasteiger partial charge < -0.3 is 0 Å². The van der Waals surface area contributed by atoms with Gasteiger partial charge in [-0.1, -0.05) is 60.7 Å². The van der Waals surface area contributed by atoms with Crippen LogP contribution in [0, 0.1) is 0 Å². The molecule has 3 aromatic carbocycles. The largest absolute Gasteiger partial charge is 0.284 e. The Kier molecular flexibility index (Phi) is 6.03. The molecule has 1 aliphatic rings. The summed E-state index contributed by atoms with van der Waals surface area (Å²) in [6.45, 7) is 1.56. The Labute approximate surface area is 188 Å². The maximum absolute atomic E-state index is 13.4. The van der Waals surface area contributed by atoms with Crippen molar-refractivity contribution in [2.45, 2.75) is 24.3 Å². The summed E-state index contributed by atoms with van der Waals surface area (Å²) in [6, 6.07) is 23.9. The van der Waals surface area contributed by atoms with E-state index in [-0.39, 0.29) is 10.6 Å². The van der Waals surface area contributed by atoms with Crippen molar-refractivity contribution in [2.75, 3.05) is 10.5 Å². The SMILES string of the molecule is CCS(=O)(=O)Nc1cccc(C2=NN(S(=O)(=O)c3ccccc3)C(c3ccccc3)C2)c1. The third-order valence-corrected chi connectivity index (χ3v) is 8.20. The van der Waals surface area contributed by atoms with Gasteiger partial charge in [0.05, 0.1) is 22.4 Å². The molecule has 0 saturated carbocycles. The molecule has 1 aliphatic heterocycles. The van der Waals surface area contributed by atoms with Crippen molar-refractivity contribution in [3.8, 4) is 0 Å². The van der Waals surface area contributed by atoms with Crippen molar-refractivity contribution in [3.05, 3.63) is 96.1 Å². The number of nitrogens with zero attached hydrogens (tertiary/aromatic N) is 2. The number of hydrazone groups is 1. The zero-order valence-corrected chi connectivity index (χ0v) is 19.1. The molecule has 0 aromatic heterocycles. The molecule has 32 heavy (non-hydrogen) atoms. The van der Waals surface area contributed by atoms with E-state index in [1.807, 2.05) is 30.3 Å². The Balaban J connectivity index is 1.75. The lowest BCUT2D eigenvalue weighted by Crippen LogP contribution is -2.27. The fraction of sp³-hybridized carbons (Fsp3) is 0.174. The lowest BCUT2D eigenvalue weighted by atomic mass is 9.99. The van der Waals surface area contributed by atoms with Crippen LogP contribution >= 0.6 is 0 Å². The monoisotopic (exact) mass is 469 g/mol. The molecule has 3 aromatic rings. The van der Waals surface area contributed by atoms with E-state index in [9.17, 15) is 16.8 Å². The molecule has 0 amide bonds. The summed E-state index contributed by atoms with van der Waals surface area (Å²) in [6.07, 6.45) is 0.361. The topological polar surface area (TPSA) is 95.9 Å². The zero-order valence-electron chi connectivity index (χ0n) is 17.4. The van der Waals surface area contributed by atoms with E-state index >= 15 is 0 Å². The molecule has 9 heteroatoms. The maximum atomic E-state index is 13.4. The van der Waals surface area contributed by atoms with E-state index in [0.717, 1.165) is 9.98 Å². The molecule has 1 atom stereocenters. The average Bonchev–Trinajstić information content (AvgIpc) is 3.27. The highest BCUT2D eigenvalue weighted by atomic mass is 32.2. The number of benzene rings is 3. The quantitative estimate of drug-likeness (QED) is 0.566. The first-order valence-electron chi connectivity index (χ1n) is 10.1. The van der Waals surface area contributed by atoms with Gasteiger partial charge in [0, 0.05) is 12.1 Å². The smallest absolute Gasteiger partial charge is 0.279 e. The Bertz CT molecular complexity index is 1340. The molecule has 0 fully saturated rings. The molecule has 4 rings (SSSR count). The Morgan fingerprint density at radius 1 is 0.906 bits per heavy atom. The molecular weight excluding hydrogens is 446 g/mol. The second-order valence-electron chi connectivity index (χ2n) is 7.35. The van der Waals surface area contributed by atoms with Crippen molar-refractivity contribution in [2.24, 2.45) is 5.10 Å². The van der Waals surface area contributed by atoms with Gasteiger partial charge in [0.25, 0.3) is 10.0 Å². The number of hydrogen-bond acceptors (Lipinski definition) is 5. The van der Waals surface area contributed by atoms with Crippen LogP contribution in [-0.2, 0) is 20.0 Å². The van der Waals surface area contributed by atoms with Crippen LogP contribution in [0.15, 0.2) is 94.9 Å². The fourth-order valence-electron chi connectivity index (χ4n) is 3.52. The summed E-state index contributed by atoms with van der Waals surface area (Å²) in [5.74, 6) is -0.0443. The summed E-state index contributed by atoms with van der Waals surface area (Å²) < 4.78 is 54.4. The van der Waals surface area contributed by atoms with Gasteiger partial charge in [-0.2, -0.15) is 17.9 Å². The second-order valence-corrected chi connectivity index (χ2v) is 11.2. The maximum Gasteiger partial charge on any atom is 0.279 e. The first-order valence-corrected chi connectivity index (χ1v) is 13.2.